The van der Waals surface area contributed by atoms with Crippen LogP contribution in [0, 0.1) is 49.4 Å². The van der Waals surface area contributed by atoms with E-state index in [0.717, 1.165) is 0 Å². The Morgan fingerprint density at radius 3 is 1.54 bits per heavy atom. The van der Waals surface area contributed by atoms with E-state index in [1.165, 1.54) is 0 Å². The van der Waals surface area contributed by atoms with Gasteiger partial charge in [0, 0.05) is 49.4 Å². The molecule has 79 valence electrons. The first-order valence-corrected chi connectivity index (χ1v) is 2.41. The van der Waals surface area contributed by atoms with Gasteiger partial charge in [0.05, 0.1) is 0 Å². The van der Waals surface area contributed by atoms with Crippen LogP contribution in [0.3, 0.4) is 0 Å². The van der Waals surface area contributed by atoms with Gasteiger partial charge in [0.1, 0.15) is 0 Å². The molecule has 0 aliphatic rings. The van der Waals surface area contributed by atoms with Gasteiger partial charge >= 0.3 is 24.2 Å². The summed E-state index contributed by atoms with van der Waals surface area (Å²) in [6, 6.07) is 0. The average Bonchev–Trinajstić information content (AvgIpc) is 1.86. The predicted molar refractivity (Wildman–Crippen MR) is 23.5 cm³/mol. The van der Waals surface area contributed by atoms with Gasteiger partial charge in [-0.15, -0.1) is 0 Å². The van der Waals surface area contributed by atoms with Crippen LogP contribution in [0.15, 0.2) is 0 Å². The third-order valence-corrected chi connectivity index (χ3v) is 0.961. The first-order valence-electron chi connectivity index (χ1n) is 2.41. The minimum atomic E-state index is -5.85. The van der Waals surface area contributed by atoms with E-state index in [1.54, 1.807) is 0 Å². The molecule has 0 amide bonds. The third-order valence-electron chi connectivity index (χ3n) is 0.961. The van der Waals surface area contributed by atoms with Crippen molar-refractivity contribution in [2.75, 3.05) is 0 Å². The van der Waals surface area contributed by atoms with Crippen molar-refractivity contribution >= 4 is 5.97 Å². The maximum Gasteiger partial charge on any atom is 0.410 e. The van der Waals surface area contributed by atoms with Crippen LogP contribution in [0.2, 0.25) is 0 Å². The van der Waals surface area contributed by atoms with Gasteiger partial charge in [-0.25, -0.2) is 13.6 Å². The third kappa shape index (κ3) is 3.05. The van der Waals surface area contributed by atoms with Crippen molar-refractivity contribution in [1.29, 1.82) is 0 Å². The maximum atomic E-state index is 11.7. The fraction of sp³-hybridized carbons (Fsp3) is 0.750. The monoisotopic (exact) mass is 349 g/mol. The van der Waals surface area contributed by atoms with Gasteiger partial charge in [-0.3, -0.25) is 0 Å². The Morgan fingerprint density at radius 2 is 1.46 bits per heavy atom. The number of hydrogen-bond acceptors (Lipinski definition) is 1. The first-order chi connectivity index (χ1) is 5.14. The van der Waals surface area contributed by atoms with Crippen LogP contribution < -0.4 is 0 Å². The number of carboxylic acids is 1. The van der Waals surface area contributed by atoms with Gasteiger partial charge < -0.3 is 5.11 Å². The van der Waals surface area contributed by atoms with Gasteiger partial charge in [-0.2, -0.15) is 17.6 Å². The number of carbonyl (C=O) groups is 1. The van der Waals surface area contributed by atoms with Crippen molar-refractivity contribution in [2.24, 2.45) is 0 Å². The van der Waals surface area contributed by atoms with Gasteiger partial charge in [0.2, 0.25) is 0 Å². The molecule has 1 N–H and O–H groups in total. The van der Waals surface area contributed by atoms with Gasteiger partial charge in [0.15, 0.2) is 0 Å². The number of carboxylic acid groups (broad SMARTS) is 1. The first kappa shape index (κ1) is 16.1. The largest absolute Gasteiger partial charge is 0.477 e. The summed E-state index contributed by atoms with van der Waals surface area (Å²) in [6.07, 6.45) is -4.72. The fourth-order valence-corrected chi connectivity index (χ4v) is 0.280. The Balaban J connectivity index is 0. The molecule has 0 rings (SSSR count). The summed E-state index contributed by atoms with van der Waals surface area (Å²) >= 11 is 0. The number of alkyl halides is 6. The standard InChI is InChI=1S/C4H2F6O2.Eu/c5-1(6)3(7,8)4(9,10)2(11)12;/h1H,(H,11,12);. The second kappa shape index (κ2) is 4.93. The molecule has 0 unspecified atom stereocenters. The molecule has 13 heavy (non-hydrogen) atoms. The van der Waals surface area contributed by atoms with Crippen molar-refractivity contribution in [3.63, 3.8) is 0 Å². The van der Waals surface area contributed by atoms with E-state index in [9.17, 15) is 31.1 Å². The fourth-order valence-electron chi connectivity index (χ4n) is 0.280. The van der Waals surface area contributed by atoms with Crippen LogP contribution in [0.25, 0.3) is 0 Å². The molecule has 0 aromatic rings. The Hall–Kier alpha value is 0.634. The summed E-state index contributed by atoms with van der Waals surface area (Å²) in [5.74, 6) is -14.9. The summed E-state index contributed by atoms with van der Waals surface area (Å²) in [4.78, 5) is 9.41. The van der Waals surface area contributed by atoms with Gasteiger partial charge in [0.25, 0.3) is 0 Å². The molecule has 1 radical (unpaired) electrons. The van der Waals surface area contributed by atoms with E-state index in [4.69, 9.17) is 5.11 Å². The molecular weight excluding hydrogens is 346 g/mol. The summed E-state index contributed by atoms with van der Waals surface area (Å²) < 4.78 is 69.2. The molecule has 2 nitrogen and oxygen atoms in total. The minimum Gasteiger partial charge on any atom is -0.477 e. The number of rotatable bonds is 3. The van der Waals surface area contributed by atoms with Crippen molar-refractivity contribution in [1.82, 2.24) is 0 Å². The normalized spacial score (nSPS) is 12.5. The zero-order valence-corrected chi connectivity index (χ0v) is 8.00. The topological polar surface area (TPSA) is 37.3 Å². The Bertz CT molecular complexity index is 193. The maximum absolute atomic E-state index is 11.7. The zero-order valence-electron chi connectivity index (χ0n) is 5.58. The molecule has 0 heterocycles. The van der Waals surface area contributed by atoms with Gasteiger partial charge in [-0.05, 0) is 0 Å². The second-order valence-corrected chi connectivity index (χ2v) is 1.80. The smallest absolute Gasteiger partial charge is 0.410 e. The Morgan fingerprint density at radius 1 is 1.15 bits per heavy atom. The van der Waals surface area contributed by atoms with Crippen molar-refractivity contribution in [3.8, 4) is 0 Å². The summed E-state index contributed by atoms with van der Waals surface area (Å²) in [5.41, 5.74) is 0. The van der Waals surface area contributed by atoms with E-state index in [0.29, 0.717) is 0 Å². The zero-order chi connectivity index (χ0) is 10.2. The van der Waals surface area contributed by atoms with Crippen LogP contribution in [0.5, 0.6) is 0 Å². The molecule has 0 spiro atoms. The Kier molecular flexibility index (Phi) is 6.09. The average molecular weight is 348 g/mol. The number of halogens is 6. The van der Waals surface area contributed by atoms with E-state index < -0.39 is 24.2 Å². The van der Waals surface area contributed by atoms with Crippen LogP contribution in [-0.2, 0) is 4.79 Å². The van der Waals surface area contributed by atoms with E-state index >= 15 is 0 Å². The molecule has 0 fully saturated rings. The molecule has 0 aromatic carbocycles. The molecule has 0 aromatic heterocycles. The molecule has 0 saturated heterocycles. The molecule has 9 heteroatoms. The molecular formula is C4H2EuF6O2. The molecule has 0 atom stereocenters. The van der Waals surface area contributed by atoms with Crippen LogP contribution in [-0.4, -0.2) is 29.3 Å². The number of hydrogen-bond donors (Lipinski definition) is 1. The van der Waals surface area contributed by atoms with Gasteiger partial charge in [-0.1, -0.05) is 0 Å². The Labute approximate surface area is 109 Å². The second-order valence-electron chi connectivity index (χ2n) is 1.80. The van der Waals surface area contributed by atoms with E-state index in [-0.39, 0.29) is 49.4 Å². The molecule has 0 aliphatic carbocycles. The van der Waals surface area contributed by atoms with Crippen molar-refractivity contribution in [2.45, 2.75) is 18.3 Å². The van der Waals surface area contributed by atoms with Crippen molar-refractivity contribution in [3.05, 3.63) is 0 Å². The molecule has 0 saturated carbocycles. The van der Waals surface area contributed by atoms with Crippen LogP contribution >= 0.6 is 0 Å². The minimum absolute atomic E-state index is 0. The van der Waals surface area contributed by atoms with Crippen LogP contribution in [0.1, 0.15) is 0 Å². The molecule has 0 bridgehead atoms. The van der Waals surface area contributed by atoms with Crippen molar-refractivity contribution < 1.29 is 85.6 Å². The van der Waals surface area contributed by atoms with E-state index in [1.807, 2.05) is 0 Å². The SMILES string of the molecule is O=C(O)C(F)(F)C(F)(F)C(F)F.[Eu]. The summed E-state index contributed by atoms with van der Waals surface area (Å²) in [6.45, 7) is 0. The van der Waals surface area contributed by atoms with Crippen LogP contribution in [0.4, 0.5) is 26.3 Å². The quantitative estimate of drug-likeness (QED) is 0.787. The molecule has 0 aliphatic heterocycles. The van der Waals surface area contributed by atoms with E-state index in [2.05, 4.69) is 0 Å². The summed E-state index contributed by atoms with van der Waals surface area (Å²) in [5, 5.41) is 7.46. The summed E-state index contributed by atoms with van der Waals surface area (Å²) in [7, 11) is 0. The predicted octanol–water partition coefficient (Wildman–Crippen LogP) is 1.61. The number of aliphatic carboxylic acids is 1.